The van der Waals surface area contributed by atoms with Gasteiger partial charge in [0.2, 0.25) is 0 Å². The van der Waals surface area contributed by atoms with E-state index in [9.17, 15) is 0 Å². The second kappa shape index (κ2) is 2.43. The topological polar surface area (TPSA) is 36.2 Å². The number of nitrogens with one attached hydrogen (secondary N) is 1. The van der Waals surface area contributed by atoms with Crippen LogP contribution in [0.3, 0.4) is 0 Å². The molecule has 0 unspecified atom stereocenters. The van der Waals surface area contributed by atoms with E-state index in [-0.39, 0.29) is 0 Å². The first-order valence-corrected chi connectivity index (χ1v) is 4.13. The van der Waals surface area contributed by atoms with Crippen LogP contribution in [0.5, 0.6) is 0 Å². The lowest BCUT2D eigenvalue weighted by atomic mass is 10.2. The molecule has 2 rings (SSSR count). The maximum Gasteiger partial charge on any atom is 0.103 e. The largest absolute Gasteiger partial charge is 0.204 e. The summed E-state index contributed by atoms with van der Waals surface area (Å²) in [6, 6.07) is 7.98. The van der Waals surface area contributed by atoms with Crippen LogP contribution in [-0.4, -0.2) is 0 Å². The van der Waals surface area contributed by atoms with E-state index in [1.807, 2.05) is 29.6 Å². The van der Waals surface area contributed by atoms with Gasteiger partial charge in [0.25, 0.3) is 0 Å². The average molecular weight is 162 g/mol. The molecule has 54 valence electrons. The number of nitrogens with zero attached hydrogens (tertiary/aromatic N) is 1. The first-order chi connectivity index (χ1) is 5.42. The third kappa shape index (κ3) is 0.935. The minimum atomic E-state index is 0.769. The molecule has 2 aromatic rings. The predicted molar refractivity (Wildman–Crippen MR) is 46.6 cm³/mol. The molecule has 3 heteroatoms. The molecule has 1 heterocycles. The third-order valence-corrected chi connectivity index (χ3v) is 2.53. The van der Waals surface area contributed by atoms with Gasteiger partial charge in [0.1, 0.15) is 5.69 Å². The van der Waals surface area contributed by atoms with Crippen LogP contribution in [0.15, 0.2) is 34.8 Å². The van der Waals surface area contributed by atoms with Gasteiger partial charge in [-0.05, 0) is 6.07 Å². The second-order valence-electron chi connectivity index (χ2n) is 2.23. The van der Waals surface area contributed by atoms with E-state index >= 15 is 0 Å². The number of hydrogen-bond donors (Lipinski definition) is 1. The molecule has 0 saturated heterocycles. The van der Waals surface area contributed by atoms with E-state index in [1.165, 1.54) is 4.70 Å². The summed E-state index contributed by atoms with van der Waals surface area (Å²) in [7, 11) is 0. The molecule has 2 nitrogen and oxygen atoms in total. The molecular weight excluding hydrogens is 156 g/mol. The van der Waals surface area contributed by atoms with E-state index in [2.05, 4.69) is 5.11 Å². The number of hydrogen-bond acceptors (Lipinski definition) is 3. The van der Waals surface area contributed by atoms with Gasteiger partial charge in [-0.15, -0.1) is 11.3 Å². The molecule has 1 N–H and O–H groups in total. The van der Waals surface area contributed by atoms with Crippen LogP contribution < -0.4 is 0 Å². The number of thiophene rings is 1. The number of rotatable bonds is 1. The highest BCUT2D eigenvalue weighted by Crippen LogP contribution is 2.31. The molecule has 1 aromatic carbocycles. The zero-order valence-corrected chi connectivity index (χ0v) is 6.56. The Bertz CT molecular complexity index is 392. The van der Waals surface area contributed by atoms with E-state index in [1.54, 1.807) is 11.3 Å². The van der Waals surface area contributed by atoms with Crippen molar-refractivity contribution in [2.24, 2.45) is 5.11 Å². The third-order valence-electron chi connectivity index (χ3n) is 1.58. The molecule has 0 fully saturated rings. The van der Waals surface area contributed by atoms with Crippen LogP contribution in [-0.2, 0) is 0 Å². The van der Waals surface area contributed by atoms with Crippen molar-refractivity contribution in [1.29, 1.82) is 5.53 Å². The number of fused-ring (bicyclic) bond motifs is 1. The molecule has 0 atom stereocenters. The standard InChI is InChI=1S/C8H6N2S/c9-10-7-5-11-8-4-2-1-3-6(7)8/h1-5,9H. The molecule has 0 radical (unpaired) electrons. The van der Waals surface area contributed by atoms with Crippen LogP contribution in [0.4, 0.5) is 5.69 Å². The monoisotopic (exact) mass is 162 g/mol. The lowest BCUT2D eigenvalue weighted by Crippen LogP contribution is -1.59. The van der Waals surface area contributed by atoms with Crippen molar-refractivity contribution in [1.82, 2.24) is 0 Å². The first kappa shape index (κ1) is 6.49. The fourth-order valence-electron chi connectivity index (χ4n) is 1.05. The Hall–Kier alpha value is -1.22. The summed E-state index contributed by atoms with van der Waals surface area (Å²) in [5.74, 6) is 0. The summed E-state index contributed by atoms with van der Waals surface area (Å²) in [6.07, 6.45) is 0. The molecule has 0 saturated carbocycles. The lowest BCUT2D eigenvalue weighted by molar-refractivity contribution is 1.16. The quantitative estimate of drug-likeness (QED) is 0.622. The van der Waals surface area contributed by atoms with Gasteiger partial charge >= 0.3 is 0 Å². The summed E-state index contributed by atoms with van der Waals surface area (Å²) in [5.41, 5.74) is 7.64. The molecular formula is C8H6N2S. The van der Waals surface area contributed by atoms with Crippen molar-refractivity contribution >= 4 is 27.1 Å². The zero-order chi connectivity index (χ0) is 7.68. The van der Waals surface area contributed by atoms with Crippen LogP contribution in [0.1, 0.15) is 0 Å². The molecule has 0 spiro atoms. The summed E-state index contributed by atoms with van der Waals surface area (Å²) in [4.78, 5) is 0. The highest BCUT2D eigenvalue weighted by atomic mass is 32.1. The van der Waals surface area contributed by atoms with Crippen LogP contribution in [0.2, 0.25) is 0 Å². The molecule has 0 bridgehead atoms. The summed E-state index contributed by atoms with van der Waals surface area (Å²) in [6.45, 7) is 0. The minimum Gasteiger partial charge on any atom is -0.204 e. The van der Waals surface area contributed by atoms with Gasteiger partial charge in [-0.2, -0.15) is 5.11 Å². The normalized spacial score (nSPS) is 10.2. The lowest BCUT2D eigenvalue weighted by Gasteiger charge is -1.86. The summed E-state index contributed by atoms with van der Waals surface area (Å²) >= 11 is 1.62. The zero-order valence-electron chi connectivity index (χ0n) is 5.74. The van der Waals surface area contributed by atoms with Gasteiger partial charge < -0.3 is 0 Å². The van der Waals surface area contributed by atoms with E-state index < -0.39 is 0 Å². The highest BCUT2D eigenvalue weighted by molar-refractivity contribution is 7.17. The maximum atomic E-state index is 6.87. The van der Waals surface area contributed by atoms with E-state index in [4.69, 9.17) is 5.53 Å². The van der Waals surface area contributed by atoms with Crippen LogP contribution >= 0.6 is 11.3 Å². The van der Waals surface area contributed by atoms with Crippen molar-refractivity contribution in [3.63, 3.8) is 0 Å². The van der Waals surface area contributed by atoms with Crippen molar-refractivity contribution < 1.29 is 0 Å². The highest BCUT2D eigenvalue weighted by Gasteiger charge is 1.99. The maximum absolute atomic E-state index is 6.87. The van der Waals surface area contributed by atoms with Crippen molar-refractivity contribution in [3.05, 3.63) is 29.6 Å². The van der Waals surface area contributed by atoms with Gasteiger partial charge in [0, 0.05) is 15.5 Å². The Labute approximate surface area is 68.0 Å². The summed E-state index contributed by atoms with van der Waals surface area (Å²) < 4.78 is 1.19. The fraction of sp³-hybridized carbons (Fsp3) is 0. The molecule has 11 heavy (non-hydrogen) atoms. The Kier molecular flexibility index (Phi) is 1.43. The average Bonchev–Trinajstić information content (AvgIpc) is 2.47. The summed E-state index contributed by atoms with van der Waals surface area (Å²) in [5, 5.41) is 6.40. The van der Waals surface area contributed by atoms with Crippen LogP contribution in [0, 0.1) is 5.53 Å². The molecule has 0 aliphatic carbocycles. The Morgan fingerprint density at radius 3 is 2.91 bits per heavy atom. The smallest absolute Gasteiger partial charge is 0.103 e. The van der Waals surface area contributed by atoms with E-state index in [0.29, 0.717) is 0 Å². The van der Waals surface area contributed by atoms with Gasteiger partial charge in [0.15, 0.2) is 0 Å². The van der Waals surface area contributed by atoms with Gasteiger partial charge in [0.05, 0.1) is 0 Å². The molecule has 0 aliphatic rings. The number of benzene rings is 1. The Morgan fingerprint density at radius 2 is 2.09 bits per heavy atom. The molecule has 1 aromatic heterocycles. The van der Waals surface area contributed by atoms with Crippen molar-refractivity contribution in [3.8, 4) is 0 Å². The molecule has 0 aliphatic heterocycles. The molecule has 0 amide bonds. The van der Waals surface area contributed by atoms with Crippen LogP contribution in [0.25, 0.3) is 10.1 Å². The SMILES string of the molecule is N=Nc1csc2ccccc12. The van der Waals surface area contributed by atoms with Crippen molar-refractivity contribution in [2.45, 2.75) is 0 Å². The minimum absolute atomic E-state index is 0.769. The fourth-order valence-corrected chi connectivity index (χ4v) is 1.93. The Balaban J connectivity index is 2.86. The second-order valence-corrected chi connectivity index (χ2v) is 3.14. The van der Waals surface area contributed by atoms with E-state index in [0.717, 1.165) is 11.1 Å². The van der Waals surface area contributed by atoms with Gasteiger partial charge in [-0.3, -0.25) is 0 Å². The predicted octanol–water partition coefficient (Wildman–Crippen LogP) is 3.56. The van der Waals surface area contributed by atoms with Crippen molar-refractivity contribution in [2.75, 3.05) is 0 Å². The Morgan fingerprint density at radius 1 is 1.27 bits per heavy atom. The van der Waals surface area contributed by atoms with Gasteiger partial charge in [-0.25, -0.2) is 5.53 Å². The first-order valence-electron chi connectivity index (χ1n) is 3.25. The van der Waals surface area contributed by atoms with Gasteiger partial charge in [-0.1, -0.05) is 18.2 Å².